The van der Waals surface area contributed by atoms with Gasteiger partial charge in [0.05, 0.1) is 12.2 Å². The number of rotatable bonds is 8. The Morgan fingerprint density at radius 2 is 1.95 bits per heavy atom. The average Bonchev–Trinajstić information content (AvgIpc) is 3.64. The van der Waals surface area contributed by atoms with E-state index in [2.05, 4.69) is 15.0 Å². The Balaban J connectivity index is 1.34. The van der Waals surface area contributed by atoms with E-state index < -0.39 is 12.7 Å². The standard InChI is InChI=1S/C26H26F2N4O5/c1-15(33)32-9-8-31(19-5-7-22(37-26(27)28)23(11-19)36-14-16-2-3-16)13-21(32)25(35)30-18-4-6-20-17(10-18)12-29-24(20)34/h4-7,10-12,16,21,26H,2-3,8-9,13-14H2,1H3,(H,30,35). The van der Waals surface area contributed by atoms with Crippen LogP contribution in [0.5, 0.6) is 11.5 Å². The number of hydrogen-bond donors (Lipinski definition) is 1. The minimum Gasteiger partial charge on any atom is -0.489 e. The van der Waals surface area contributed by atoms with Crippen LogP contribution in [-0.2, 0) is 9.59 Å². The maximum Gasteiger partial charge on any atom is 0.387 e. The summed E-state index contributed by atoms with van der Waals surface area (Å²) in [4.78, 5) is 44.5. The van der Waals surface area contributed by atoms with E-state index in [1.807, 2.05) is 4.90 Å². The van der Waals surface area contributed by atoms with Crippen LogP contribution in [-0.4, -0.2) is 67.7 Å². The molecule has 3 aliphatic rings. The number of piperazine rings is 1. The first-order valence-electron chi connectivity index (χ1n) is 12.1. The molecular formula is C26H26F2N4O5. The molecule has 5 rings (SSSR count). The van der Waals surface area contributed by atoms with Crippen LogP contribution in [0.15, 0.2) is 41.4 Å². The molecule has 0 radical (unpaired) electrons. The number of nitrogens with one attached hydrogen (secondary N) is 1. The molecule has 1 saturated heterocycles. The second kappa shape index (κ2) is 10.2. The van der Waals surface area contributed by atoms with E-state index in [1.165, 1.54) is 24.1 Å². The van der Waals surface area contributed by atoms with Crippen LogP contribution in [0.25, 0.3) is 0 Å². The van der Waals surface area contributed by atoms with Crippen LogP contribution < -0.4 is 19.7 Å². The van der Waals surface area contributed by atoms with Crippen molar-refractivity contribution in [2.45, 2.75) is 32.4 Å². The maximum atomic E-state index is 13.3. The van der Waals surface area contributed by atoms with E-state index in [0.29, 0.717) is 48.1 Å². The lowest BCUT2D eigenvalue weighted by molar-refractivity contribution is -0.137. The zero-order valence-electron chi connectivity index (χ0n) is 20.2. The molecule has 0 aromatic heterocycles. The SMILES string of the molecule is CC(=O)N1CCN(c2ccc(OC(F)F)c(OCC3CC3)c2)CC1C(=O)Nc1ccc2c(c1)C=NC2=O. The van der Waals surface area contributed by atoms with E-state index in [1.54, 1.807) is 30.3 Å². The topological polar surface area (TPSA) is 101 Å². The van der Waals surface area contributed by atoms with Gasteiger partial charge in [-0.05, 0) is 49.1 Å². The first kappa shape index (κ1) is 24.7. The number of nitrogens with zero attached hydrogens (tertiary/aromatic N) is 3. The van der Waals surface area contributed by atoms with Crippen molar-refractivity contribution in [1.29, 1.82) is 0 Å². The molecule has 2 aromatic rings. The van der Waals surface area contributed by atoms with Crippen LogP contribution in [0.4, 0.5) is 20.2 Å². The normalized spacial score (nSPS) is 18.7. The Labute approximate surface area is 212 Å². The summed E-state index contributed by atoms with van der Waals surface area (Å²) in [5.41, 5.74) is 2.22. The van der Waals surface area contributed by atoms with Crippen molar-refractivity contribution in [3.8, 4) is 11.5 Å². The number of hydrogen-bond acceptors (Lipinski definition) is 6. The van der Waals surface area contributed by atoms with Gasteiger partial charge in [-0.1, -0.05) is 0 Å². The van der Waals surface area contributed by atoms with Gasteiger partial charge in [-0.15, -0.1) is 0 Å². The fourth-order valence-corrected chi connectivity index (χ4v) is 4.48. The van der Waals surface area contributed by atoms with Crippen molar-refractivity contribution >= 4 is 35.3 Å². The Morgan fingerprint density at radius 1 is 1.14 bits per heavy atom. The monoisotopic (exact) mass is 512 g/mol. The highest BCUT2D eigenvalue weighted by Crippen LogP contribution is 2.36. The van der Waals surface area contributed by atoms with Gasteiger partial charge in [0.2, 0.25) is 11.8 Å². The van der Waals surface area contributed by atoms with Crippen LogP contribution >= 0.6 is 0 Å². The van der Waals surface area contributed by atoms with Gasteiger partial charge < -0.3 is 24.6 Å². The highest BCUT2D eigenvalue weighted by atomic mass is 19.3. The smallest absolute Gasteiger partial charge is 0.387 e. The van der Waals surface area contributed by atoms with Crippen molar-refractivity contribution in [3.05, 3.63) is 47.5 Å². The third-order valence-corrected chi connectivity index (χ3v) is 6.64. The summed E-state index contributed by atoms with van der Waals surface area (Å²) < 4.78 is 36.2. The van der Waals surface area contributed by atoms with E-state index >= 15 is 0 Å². The number of carbonyl (C=O) groups excluding carboxylic acids is 3. The van der Waals surface area contributed by atoms with Crippen molar-refractivity contribution < 1.29 is 32.6 Å². The molecule has 11 heteroatoms. The van der Waals surface area contributed by atoms with Gasteiger partial charge >= 0.3 is 6.61 Å². The van der Waals surface area contributed by atoms with Gasteiger partial charge in [0.25, 0.3) is 5.91 Å². The highest BCUT2D eigenvalue weighted by molar-refractivity contribution is 6.13. The minimum absolute atomic E-state index is 0.0466. The number of anilines is 2. The van der Waals surface area contributed by atoms with Crippen molar-refractivity contribution in [2.24, 2.45) is 10.9 Å². The molecule has 2 heterocycles. The number of ether oxygens (including phenoxy) is 2. The molecule has 2 aliphatic heterocycles. The molecule has 1 unspecified atom stereocenters. The number of fused-ring (bicyclic) bond motifs is 1. The van der Waals surface area contributed by atoms with Gasteiger partial charge in [0.1, 0.15) is 6.04 Å². The van der Waals surface area contributed by atoms with Crippen molar-refractivity contribution in [3.63, 3.8) is 0 Å². The largest absolute Gasteiger partial charge is 0.489 e. The Bertz CT molecular complexity index is 1260. The predicted molar refractivity (Wildman–Crippen MR) is 132 cm³/mol. The Morgan fingerprint density at radius 3 is 2.68 bits per heavy atom. The number of aliphatic imine (C=N–C) groups is 1. The van der Waals surface area contributed by atoms with Crippen molar-refractivity contribution in [2.75, 3.05) is 36.5 Å². The molecule has 2 aromatic carbocycles. The molecule has 2 fully saturated rings. The third kappa shape index (κ3) is 5.55. The van der Waals surface area contributed by atoms with E-state index in [0.717, 1.165) is 12.8 Å². The first-order chi connectivity index (χ1) is 17.8. The molecule has 3 amide bonds. The number of benzene rings is 2. The summed E-state index contributed by atoms with van der Waals surface area (Å²) in [5.74, 6) is -0.365. The molecule has 1 atom stereocenters. The Hall–Kier alpha value is -4.02. The molecular weight excluding hydrogens is 486 g/mol. The summed E-state index contributed by atoms with van der Waals surface area (Å²) in [7, 11) is 0. The molecule has 0 spiro atoms. The zero-order valence-corrected chi connectivity index (χ0v) is 20.2. The second-order valence-electron chi connectivity index (χ2n) is 9.29. The molecule has 0 bridgehead atoms. The Kier molecular flexibility index (Phi) is 6.77. The summed E-state index contributed by atoms with van der Waals surface area (Å²) in [6.07, 6.45) is 3.53. The predicted octanol–water partition coefficient (Wildman–Crippen LogP) is 3.33. The lowest BCUT2D eigenvalue weighted by atomic mass is 10.1. The van der Waals surface area contributed by atoms with Gasteiger partial charge in [-0.3, -0.25) is 14.4 Å². The second-order valence-corrected chi connectivity index (χ2v) is 9.29. The first-order valence-corrected chi connectivity index (χ1v) is 12.1. The lowest BCUT2D eigenvalue weighted by Gasteiger charge is -2.41. The van der Waals surface area contributed by atoms with Gasteiger partial charge in [-0.25, -0.2) is 4.99 Å². The van der Waals surface area contributed by atoms with E-state index in [-0.39, 0.29) is 35.8 Å². The quantitative estimate of drug-likeness (QED) is 0.583. The van der Waals surface area contributed by atoms with Gasteiger partial charge in [0.15, 0.2) is 11.5 Å². The molecule has 37 heavy (non-hydrogen) atoms. The van der Waals surface area contributed by atoms with Crippen LogP contribution in [0.3, 0.4) is 0 Å². The molecule has 9 nitrogen and oxygen atoms in total. The van der Waals surface area contributed by atoms with E-state index in [4.69, 9.17) is 4.74 Å². The van der Waals surface area contributed by atoms with Crippen molar-refractivity contribution in [1.82, 2.24) is 4.90 Å². The number of alkyl halides is 2. The molecule has 1 N–H and O–H groups in total. The van der Waals surface area contributed by atoms with Crippen LogP contribution in [0.2, 0.25) is 0 Å². The fourth-order valence-electron chi connectivity index (χ4n) is 4.48. The van der Waals surface area contributed by atoms with Gasteiger partial charge in [-0.2, -0.15) is 8.78 Å². The molecule has 194 valence electrons. The number of carbonyl (C=O) groups is 3. The lowest BCUT2D eigenvalue weighted by Crippen LogP contribution is -2.59. The van der Waals surface area contributed by atoms with Crippen LogP contribution in [0, 0.1) is 5.92 Å². The molecule has 1 aliphatic carbocycles. The summed E-state index contributed by atoms with van der Waals surface area (Å²) in [6.45, 7) is -0.223. The number of amides is 3. The third-order valence-electron chi connectivity index (χ3n) is 6.64. The summed E-state index contributed by atoms with van der Waals surface area (Å²) >= 11 is 0. The van der Waals surface area contributed by atoms with Crippen LogP contribution in [0.1, 0.15) is 35.7 Å². The summed E-state index contributed by atoms with van der Waals surface area (Å²) in [5, 5.41) is 2.83. The molecule has 1 saturated carbocycles. The highest BCUT2D eigenvalue weighted by Gasteiger charge is 2.35. The zero-order chi connectivity index (χ0) is 26.1. The van der Waals surface area contributed by atoms with Gasteiger partial charge in [0, 0.05) is 55.8 Å². The summed E-state index contributed by atoms with van der Waals surface area (Å²) in [6, 6.07) is 8.78. The maximum absolute atomic E-state index is 13.3. The van der Waals surface area contributed by atoms with E-state index in [9.17, 15) is 23.2 Å². The fraction of sp³-hybridized carbons (Fsp3) is 0.385. The average molecular weight is 513 g/mol. The minimum atomic E-state index is -2.98. The number of halogens is 2.